The molecular formula is C17H17ClF3N3O3. The number of nitrogens with one attached hydrogen (secondary N) is 1. The van der Waals surface area contributed by atoms with Crippen LogP contribution in [0.1, 0.15) is 27.3 Å². The van der Waals surface area contributed by atoms with Crippen LogP contribution in [0, 0.1) is 0 Å². The predicted octanol–water partition coefficient (Wildman–Crippen LogP) is 3.07. The Morgan fingerprint density at radius 3 is 2.93 bits per heavy atom. The molecule has 1 aliphatic heterocycles. The van der Waals surface area contributed by atoms with Crippen LogP contribution in [0.5, 0.6) is 5.75 Å². The monoisotopic (exact) mass is 403 g/mol. The van der Waals surface area contributed by atoms with Crippen LogP contribution in [0.25, 0.3) is 0 Å². The van der Waals surface area contributed by atoms with E-state index in [4.69, 9.17) is 21.1 Å². The van der Waals surface area contributed by atoms with E-state index in [2.05, 4.69) is 10.4 Å². The van der Waals surface area contributed by atoms with Crippen LogP contribution in [-0.2, 0) is 30.5 Å². The number of aromatic nitrogens is 2. The predicted molar refractivity (Wildman–Crippen MR) is 90.9 cm³/mol. The van der Waals surface area contributed by atoms with Crippen molar-refractivity contribution in [2.75, 3.05) is 20.3 Å². The van der Waals surface area contributed by atoms with Gasteiger partial charge in [0.1, 0.15) is 5.75 Å². The number of alkyl halides is 3. The molecule has 0 fully saturated rings. The van der Waals surface area contributed by atoms with E-state index in [-0.39, 0.29) is 30.8 Å². The van der Waals surface area contributed by atoms with Crippen molar-refractivity contribution in [3.63, 3.8) is 0 Å². The lowest BCUT2D eigenvalue weighted by atomic mass is 10.1. The lowest BCUT2D eigenvalue weighted by molar-refractivity contribution is -0.142. The first kappa shape index (κ1) is 19.5. The molecule has 3 rings (SSSR count). The molecule has 0 saturated heterocycles. The van der Waals surface area contributed by atoms with Crippen LogP contribution in [0.4, 0.5) is 13.2 Å². The van der Waals surface area contributed by atoms with E-state index in [1.165, 1.54) is 17.9 Å². The number of methoxy groups -OCH3 is 1. The van der Waals surface area contributed by atoms with E-state index in [1.807, 2.05) is 0 Å². The minimum atomic E-state index is -4.55. The lowest BCUT2D eigenvalue weighted by Crippen LogP contribution is -2.28. The van der Waals surface area contributed by atoms with Crippen LogP contribution in [0.15, 0.2) is 18.2 Å². The van der Waals surface area contributed by atoms with E-state index < -0.39 is 17.8 Å². The minimum Gasteiger partial charge on any atom is -0.496 e. The second-order valence-corrected chi connectivity index (χ2v) is 6.33. The van der Waals surface area contributed by atoms with E-state index in [1.54, 1.807) is 12.1 Å². The maximum atomic E-state index is 13.2. The molecule has 1 aromatic heterocycles. The van der Waals surface area contributed by atoms with Gasteiger partial charge in [-0.15, -0.1) is 0 Å². The van der Waals surface area contributed by atoms with Crippen LogP contribution < -0.4 is 10.1 Å². The molecule has 1 aromatic carbocycles. The Bertz CT molecular complexity index is 852. The molecule has 6 nitrogen and oxygen atoms in total. The van der Waals surface area contributed by atoms with E-state index in [0.717, 1.165) is 0 Å². The number of carbonyl (C=O) groups is 1. The molecule has 0 atom stereocenters. The van der Waals surface area contributed by atoms with Crippen molar-refractivity contribution in [2.45, 2.75) is 25.7 Å². The van der Waals surface area contributed by atoms with Gasteiger partial charge in [0.15, 0.2) is 5.69 Å². The number of fused-ring (bicyclic) bond motifs is 1. The zero-order valence-corrected chi connectivity index (χ0v) is 15.2. The molecule has 1 N–H and O–H groups in total. The standard InChI is InChI=1S/C17H17ClF3N3O3/c1-26-14-3-2-10(18)8-11(14)16(25)22-5-6-24-13-4-7-27-9-12(13)15(23-24)17(19,20)21/h2-3,8H,4-7,9H2,1H3,(H,22,25). The Hall–Kier alpha value is -2.26. The van der Waals surface area contributed by atoms with Crippen molar-refractivity contribution in [2.24, 2.45) is 0 Å². The van der Waals surface area contributed by atoms with Crippen LogP contribution in [0.2, 0.25) is 5.02 Å². The summed E-state index contributed by atoms with van der Waals surface area (Å²) in [7, 11) is 1.43. The Balaban J connectivity index is 1.72. The highest BCUT2D eigenvalue weighted by Crippen LogP contribution is 2.34. The number of halogens is 4. The SMILES string of the molecule is COc1ccc(Cl)cc1C(=O)NCCn1nc(C(F)(F)F)c2c1CCOC2. The quantitative estimate of drug-likeness (QED) is 0.833. The lowest BCUT2D eigenvalue weighted by Gasteiger charge is -2.16. The van der Waals surface area contributed by atoms with Gasteiger partial charge in [-0.05, 0) is 18.2 Å². The summed E-state index contributed by atoms with van der Waals surface area (Å²) < 4.78 is 51.0. The third-order valence-corrected chi connectivity index (χ3v) is 4.41. The molecule has 0 saturated carbocycles. The first-order chi connectivity index (χ1) is 12.8. The molecule has 0 radical (unpaired) electrons. The van der Waals surface area contributed by atoms with E-state index >= 15 is 0 Å². The number of ether oxygens (including phenoxy) is 2. The van der Waals surface area contributed by atoms with Gasteiger partial charge in [-0.3, -0.25) is 9.48 Å². The largest absolute Gasteiger partial charge is 0.496 e. The Morgan fingerprint density at radius 2 is 2.22 bits per heavy atom. The van der Waals surface area contributed by atoms with Gasteiger partial charge in [0, 0.05) is 29.2 Å². The summed E-state index contributed by atoms with van der Waals surface area (Å²) in [6, 6.07) is 4.62. The number of hydrogen-bond acceptors (Lipinski definition) is 4. The zero-order chi connectivity index (χ0) is 19.6. The van der Waals surface area contributed by atoms with Crippen molar-refractivity contribution in [3.05, 3.63) is 45.7 Å². The topological polar surface area (TPSA) is 65.4 Å². The fourth-order valence-electron chi connectivity index (χ4n) is 2.95. The number of nitrogens with zero attached hydrogens (tertiary/aromatic N) is 2. The molecule has 0 spiro atoms. The molecule has 0 aliphatic carbocycles. The summed E-state index contributed by atoms with van der Waals surface area (Å²) in [5, 5.41) is 6.72. The van der Waals surface area contributed by atoms with Gasteiger partial charge in [0.2, 0.25) is 0 Å². The fraction of sp³-hybridized carbons (Fsp3) is 0.412. The average Bonchev–Trinajstić information content (AvgIpc) is 3.01. The van der Waals surface area contributed by atoms with Gasteiger partial charge in [-0.2, -0.15) is 18.3 Å². The maximum Gasteiger partial charge on any atom is 0.435 e. The van der Waals surface area contributed by atoms with Gasteiger partial charge in [0.25, 0.3) is 5.91 Å². The highest BCUT2D eigenvalue weighted by Gasteiger charge is 2.39. The molecule has 0 unspecified atom stereocenters. The summed E-state index contributed by atoms with van der Waals surface area (Å²) in [5.74, 6) is -0.0837. The normalized spacial score (nSPS) is 14.0. The third-order valence-electron chi connectivity index (χ3n) is 4.18. The molecule has 0 bridgehead atoms. The van der Waals surface area contributed by atoms with Crippen LogP contribution in [0.3, 0.4) is 0 Å². The van der Waals surface area contributed by atoms with Crippen LogP contribution >= 0.6 is 11.6 Å². The van der Waals surface area contributed by atoms with E-state index in [9.17, 15) is 18.0 Å². The summed E-state index contributed by atoms with van der Waals surface area (Å²) >= 11 is 5.90. The first-order valence-corrected chi connectivity index (χ1v) is 8.54. The third kappa shape index (κ3) is 4.19. The maximum absolute atomic E-state index is 13.2. The summed E-state index contributed by atoms with van der Waals surface area (Å²) in [5.41, 5.74) is -0.128. The van der Waals surface area contributed by atoms with Crippen molar-refractivity contribution in [1.82, 2.24) is 15.1 Å². The Morgan fingerprint density at radius 1 is 1.44 bits per heavy atom. The number of rotatable bonds is 5. The summed E-state index contributed by atoms with van der Waals surface area (Å²) in [4.78, 5) is 12.3. The average molecular weight is 404 g/mol. The number of hydrogen-bond donors (Lipinski definition) is 1. The second kappa shape index (κ2) is 7.77. The fourth-order valence-corrected chi connectivity index (χ4v) is 3.12. The second-order valence-electron chi connectivity index (χ2n) is 5.90. The number of carbonyl (C=O) groups excluding carboxylic acids is 1. The van der Waals surface area contributed by atoms with Crippen LogP contribution in [-0.4, -0.2) is 35.9 Å². The summed E-state index contributed by atoms with van der Waals surface area (Å²) in [6.07, 6.45) is -4.21. The molecule has 1 amide bonds. The highest BCUT2D eigenvalue weighted by molar-refractivity contribution is 6.31. The molecular weight excluding hydrogens is 387 g/mol. The summed E-state index contributed by atoms with van der Waals surface area (Å²) in [6.45, 7) is 0.423. The van der Waals surface area contributed by atoms with Gasteiger partial charge < -0.3 is 14.8 Å². The smallest absolute Gasteiger partial charge is 0.435 e. The highest BCUT2D eigenvalue weighted by atomic mass is 35.5. The molecule has 2 aromatic rings. The molecule has 146 valence electrons. The number of benzene rings is 1. The molecule has 1 aliphatic rings. The Kier molecular flexibility index (Phi) is 5.61. The molecule has 10 heteroatoms. The zero-order valence-electron chi connectivity index (χ0n) is 14.4. The van der Waals surface area contributed by atoms with Gasteiger partial charge in [-0.1, -0.05) is 11.6 Å². The number of amides is 1. The Labute approximate surface area is 158 Å². The van der Waals surface area contributed by atoms with Gasteiger partial charge in [-0.25, -0.2) is 0 Å². The molecule has 27 heavy (non-hydrogen) atoms. The van der Waals surface area contributed by atoms with Crippen molar-refractivity contribution in [1.29, 1.82) is 0 Å². The van der Waals surface area contributed by atoms with Crippen molar-refractivity contribution >= 4 is 17.5 Å². The van der Waals surface area contributed by atoms with Gasteiger partial charge in [0.05, 0.1) is 32.4 Å². The molecule has 2 heterocycles. The van der Waals surface area contributed by atoms with Crippen molar-refractivity contribution in [3.8, 4) is 5.75 Å². The van der Waals surface area contributed by atoms with E-state index in [0.29, 0.717) is 29.5 Å². The van der Waals surface area contributed by atoms with Crippen molar-refractivity contribution < 1.29 is 27.4 Å². The minimum absolute atomic E-state index is 0.0663. The van der Waals surface area contributed by atoms with Gasteiger partial charge >= 0.3 is 6.18 Å². The first-order valence-electron chi connectivity index (χ1n) is 8.16.